The van der Waals surface area contributed by atoms with E-state index in [4.69, 9.17) is 9.47 Å². The molecule has 0 aliphatic carbocycles. The summed E-state index contributed by atoms with van der Waals surface area (Å²) in [6, 6.07) is 5.62. The highest BCUT2D eigenvalue weighted by Crippen LogP contribution is 2.31. The number of rotatable bonds is 1. The van der Waals surface area contributed by atoms with E-state index in [0.29, 0.717) is 24.5 Å². The van der Waals surface area contributed by atoms with Crippen LogP contribution in [0.5, 0.6) is 11.5 Å². The van der Waals surface area contributed by atoms with Crippen LogP contribution in [0.2, 0.25) is 0 Å². The monoisotopic (exact) mass is 298 g/mol. The van der Waals surface area contributed by atoms with Gasteiger partial charge in [0.2, 0.25) is 0 Å². The first-order valence-corrected chi connectivity index (χ1v) is 6.67. The van der Waals surface area contributed by atoms with Crippen molar-refractivity contribution in [2.24, 2.45) is 0 Å². The van der Waals surface area contributed by atoms with E-state index in [9.17, 15) is 4.79 Å². The third-order valence-corrected chi connectivity index (χ3v) is 3.55. The number of ether oxygens (including phenoxy) is 2. The normalized spacial score (nSPS) is 21.1. The first-order chi connectivity index (χ1) is 9.25. The summed E-state index contributed by atoms with van der Waals surface area (Å²) in [5.41, 5.74) is 0.665. The number of nitrogens with zero attached hydrogens (tertiary/aromatic N) is 1. The second-order valence-electron chi connectivity index (χ2n) is 4.91. The van der Waals surface area contributed by atoms with Crippen molar-refractivity contribution in [3.63, 3.8) is 0 Å². The molecule has 2 aliphatic heterocycles. The number of amides is 1. The number of halogens is 1. The highest BCUT2D eigenvalue weighted by molar-refractivity contribution is 5.95. The number of carbonyl (C=O) groups excluding carboxylic acids is 1. The number of carbonyl (C=O) groups is 1. The van der Waals surface area contributed by atoms with Gasteiger partial charge in [0, 0.05) is 31.2 Å². The van der Waals surface area contributed by atoms with E-state index in [1.54, 1.807) is 6.07 Å². The molecule has 0 bridgehead atoms. The molecule has 110 valence electrons. The van der Waals surface area contributed by atoms with Gasteiger partial charge in [-0.3, -0.25) is 4.79 Å². The number of piperazine rings is 1. The van der Waals surface area contributed by atoms with Gasteiger partial charge >= 0.3 is 0 Å². The van der Waals surface area contributed by atoms with E-state index < -0.39 is 0 Å². The van der Waals surface area contributed by atoms with Gasteiger partial charge in [-0.1, -0.05) is 0 Å². The maximum absolute atomic E-state index is 12.5. The minimum absolute atomic E-state index is 0. The molecule has 0 spiro atoms. The zero-order chi connectivity index (χ0) is 13.2. The minimum atomic E-state index is 0. The fourth-order valence-electron chi connectivity index (χ4n) is 2.48. The standard InChI is InChI=1S/C14H18N2O3.ClH/c1-10-9-15-4-5-16(10)14(17)11-2-3-12-13(8-11)19-7-6-18-12;/h2-3,8,10,15H,4-7,9H2,1H3;1H/t10-;/m0./s1. The van der Waals surface area contributed by atoms with Gasteiger partial charge in [0.05, 0.1) is 0 Å². The van der Waals surface area contributed by atoms with Crippen LogP contribution in [0.15, 0.2) is 18.2 Å². The molecule has 6 heteroatoms. The molecular weight excluding hydrogens is 280 g/mol. The first-order valence-electron chi connectivity index (χ1n) is 6.67. The van der Waals surface area contributed by atoms with Crippen molar-refractivity contribution in [3.8, 4) is 11.5 Å². The topological polar surface area (TPSA) is 50.8 Å². The summed E-state index contributed by atoms with van der Waals surface area (Å²) >= 11 is 0. The molecule has 2 aliphatic rings. The lowest BCUT2D eigenvalue weighted by atomic mass is 10.1. The molecule has 2 heterocycles. The van der Waals surface area contributed by atoms with Crippen molar-refractivity contribution in [1.29, 1.82) is 0 Å². The lowest BCUT2D eigenvalue weighted by Gasteiger charge is -2.34. The lowest BCUT2D eigenvalue weighted by molar-refractivity contribution is 0.0654. The molecule has 0 radical (unpaired) electrons. The van der Waals surface area contributed by atoms with Crippen LogP contribution in [0.4, 0.5) is 0 Å². The zero-order valence-corrected chi connectivity index (χ0v) is 12.2. The summed E-state index contributed by atoms with van der Waals surface area (Å²) in [6.07, 6.45) is 0. The quantitative estimate of drug-likeness (QED) is 0.849. The van der Waals surface area contributed by atoms with Crippen LogP contribution in [0.1, 0.15) is 17.3 Å². The predicted molar refractivity (Wildman–Crippen MR) is 78.0 cm³/mol. The minimum Gasteiger partial charge on any atom is -0.486 e. The van der Waals surface area contributed by atoms with Crippen molar-refractivity contribution in [2.45, 2.75) is 13.0 Å². The van der Waals surface area contributed by atoms with Gasteiger partial charge in [0.1, 0.15) is 13.2 Å². The number of benzene rings is 1. The Kier molecular flexibility index (Phi) is 4.73. The van der Waals surface area contributed by atoms with E-state index >= 15 is 0 Å². The van der Waals surface area contributed by atoms with Crippen LogP contribution in [-0.4, -0.2) is 49.7 Å². The molecule has 0 aromatic heterocycles. The molecule has 1 fully saturated rings. The van der Waals surface area contributed by atoms with Gasteiger partial charge in [-0.2, -0.15) is 0 Å². The average molecular weight is 299 g/mol. The largest absolute Gasteiger partial charge is 0.486 e. The van der Waals surface area contributed by atoms with Gasteiger partial charge in [0.25, 0.3) is 5.91 Å². The molecule has 1 N–H and O–H groups in total. The third-order valence-electron chi connectivity index (χ3n) is 3.55. The second kappa shape index (κ2) is 6.33. The van der Waals surface area contributed by atoms with E-state index in [1.807, 2.05) is 17.0 Å². The highest BCUT2D eigenvalue weighted by Gasteiger charge is 2.25. The Labute approximate surface area is 124 Å². The van der Waals surface area contributed by atoms with E-state index in [-0.39, 0.29) is 24.4 Å². The number of nitrogens with one attached hydrogen (secondary N) is 1. The molecule has 3 rings (SSSR count). The molecule has 1 aromatic rings. The Hall–Kier alpha value is -1.46. The first kappa shape index (κ1) is 14.9. The molecule has 20 heavy (non-hydrogen) atoms. The fraction of sp³-hybridized carbons (Fsp3) is 0.500. The molecular formula is C14H19ClN2O3. The molecule has 1 aromatic carbocycles. The van der Waals surface area contributed by atoms with Crippen molar-refractivity contribution in [3.05, 3.63) is 23.8 Å². The van der Waals surface area contributed by atoms with E-state index in [0.717, 1.165) is 25.4 Å². The van der Waals surface area contributed by atoms with Crippen molar-refractivity contribution < 1.29 is 14.3 Å². The Balaban J connectivity index is 0.00000147. The van der Waals surface area contributed by atoms with Crippen LogP contribution in [0, 0.1) is 0 Å². The van der Waals surface area contributed by atoms with Crippen molar-refractivity contribution in [2.75, 3.05) is 32.8 Å². The van der Waals surface area contributed by atoms with Crippen LogP contribution in [0.3, 0.4) is 0 Å². The van der Waals surface area contributed by atoms with Gasteiger partial charge in [-0.25, -0.2) is 0 Å². The Morgan fingerprint density at radius 2 is 2.05 bits per heavy atom. The summed E-state index contributed by atoms with van der Waals surface area (Å²) in [7, 11) is 0. The fourth-order valence-corrected chi connectivity index (χ4v) is 2.48. The summed E-state index contributed by atoms with van der Waals surface area (Å²) < 4.78 is 11.0. The van der Waals surface area contributed by atoms with Gasteiger partial charge < -0.3 is 19.7 Å². The Morgan fingerprint density at radius 3 is 2.80 bits per heavy atom. The summed E-state index contributed by atoms with van der Waals surface area (Å²) in [6.45, 7) is 5.59. The summed E-state index contributed by atoms with van der Waals surface area (Å²) in [5, 5.41) is 3.28. The summed E-state index contributed by atoms with van der Waals surface area (Å²) in [4.78, 5) is 14.4. The molecule has 1 atom stereocenters. The van der Waals surface area contributed by atoms with E-state index in [2.05, 4.69) is 12.2 Å². The maximum Gasteiger partial charge on any atom is 0.254 e. The third kappa shape index (κ3) is 2.83. The van der Waals surface area contributed by atoms with Gasteiger partial charge in [-0.15, -0.1) is 12.4 Å². The molecule has 0 saturated carbocycles. The van der Waals surface area contributed by atoms with Crippen molar-refractivity contribution in [1.82, 2.24) is 10.2 Å². The maximum atomic E-state index is 12.5. The van der Waals surface area contributed by atoms with Crippen LogP contribution < -0.4 is 14.8 Å². The van der Waals surface area contributed by atoms with Crippen molar-refractivity contribution >= 4 is 18.3 Å². The van der Waals surface area contributed by atoms with Crippen LogP contribution in [-0.2, 0) is 0 Å². The average Bonchev–Trinajstić information content (AvgIpc) is 2.46. The number of hydrogen-bond donors (Lipinski definition) is 1. The number of fused-ring (bicyclic) bond motifs is 1. The SMILES string of the molecule is C[C@H]1CNCCN1C(=O)c1ccc2c(c1)OCCO2.Cl. The molecule has 0 unspecified atom stereocenters. The predicted octanol–water partition coefficient (Wildman–Crippen LogP) is 1.31. The second-order valence-corrected chi connectivity index (χ2v) is 4.91. The lowest BCUT2D eigenvalue weighted by Crippen LogP contribution is -2.52. The smallest absolute Gasteiger partial charge is 0.254 e. The number of hydrogen-bond acceptors (Lipinski definition) is 4. The van der Waals surface area contributed by atoms with Gasteiger partial charge in [0.15, 0.2) is 11.5 Å². The summed E-state index contributed by atoms with van der Waals surface area (Å²) in [5.74, 6) is 1.45. The van der Waals surface area contributed by atoms with Crippen LogP contribution >= 0.6 is 12.4 Å². The zero-order valence-electron chi connectivity index (χ0n) is 11.4. The molecule has 5 nitrogen and oxygen atoms in total. The van der Waals surface area contributed by atoms with E-state index in [1.165, 1.54) is 0 Å². The molecule has 1 amide bonds. The Bertz CT molecular complexity index is 495. The molecule has 1 saturated heterocycles. The van der Waals surface area contributed by atoms with Crippen LogP contribution in [0.25, 0.3) is 0 Å². The van der Waals surface area contributed by atoms with Gasteiger partial charge in [-0.05, 0) is 25.1 Å². The highest BCUT2D eigenvalue weighted by atomic mass is 35.5. The Morgan fingerprint density at radius 1 is 1.30 bits per heavy atom.